The molecule has 0 aliphatic rings. The van der Waals surface area contributed by atoms with Gasteiger partial charge in [0.25, 0.3) is 0 Å². The maximum atomic E-state index is 12.7. The third kappa shape index (κ3) is 5.12. The van der Waals surface area contributed by atoms with Gasteiger partial charge in [0.15, 0.2) is 11.5 Å². The molecule has 0 unspecified atom stereocenters. The lowest BCUT2D eigenvalue weighted by Crippen LogP contribution is -2.14. The average molecular weight is 526 g/mol. The molecule has 0 atom stereocenters. The summed E-state index contributed by atoms with van der Waals surface area (Å²) >= 11 is 1.05. The van der Waals surface area contributed by atoms with Crippen LogP contribution in [-0.4, -0.2) is 38.0 Å². The van der Waals surface area contributed by atoms with Gasteiger partial charge in [-0.05, 0) is 40.6 Å². The van der Waals surface area contributed by atoms with Crippen LogP contribution in [0.2, 0.25) is 0 Å². The predicted molar refractivity (Wildman–Crippen MR) is 146 cm³/mol. The monoisotopic (exact) mass is 525 g/mol. The number of nitrogens with zero attached hydrogens (tertiary/aromatic N) is 3. The number of anilines is 2. The summed E-state index contributed by atoms with van der Waals surface area (Å²) in [6, 6.07) is 20.9. The van der Waals surface area contributed by atoms with E-state index in [1.54, 1.807) is 12.1 Å². The van der Waals surface area contributed by atoms with Crippen molar-refractivity contribution in [3.05, 3.63) is 65.7 Å². The third-order valence-electron chi connectivity index (χ3n) is 5.74. The minimum Gasteiger partial charge on any atom is -0.493 e. The molecule has 10 heteroatoms. The Morgan fingerprint density at radius 3 is 2.21 bits per heavy atom. The number of ether oxygens (including phenoxy) is 3. The van der Waals surface area contributed by atoms with Gasteiger partial charge < -0.3 is 25.3 Å². The normalized spacial score (nSPS) is 10.3. The van der Waals surface area contributed by atoms with Crippen LogP contribution in [0.5, 0.6) is 17.2 Å². The summed E-state index contributed by atoms with van der Waals surface area (Å²) in [6.45, 7) is 0. The number of carbonyl (C=O) groups excluding carboxylic acids is 1. The van der Waals surface area contributed by atoms with Crippen LogP contribution in [0.4, 0.5) is 11.5 Å². The van der Waals surface area contributed by atoms with Crippen molar-refractivity contribution in [2.24, 2.45) is 0 Å². The summed E-state index contributed by atoms with van der Waals surface area (Å²) in [5.41, 5.74) is 7.63. The zero-order valence-corrected chi connectivity index (χ0v) is 21.7. The number of nitriles is 2. The van der Waals surface area contributed by atoms with Gasteiger partial charge in [-0.3, -0.25) is 4.79 Å². The summed E-state index contributed by atoms with van der Waals surface area (Å²) in [4.78, 5) is 17.0. The molecule has 3 N–H and O–H groups in total. The highest BCUT2D eigenvalue weighted by atomic mass is 32.2. The van der Waals surface area contributed by atoms with E-state index in [-0.39, 0.29) is 39.2 Å². The highest BCUT2D eigenvalue weighted by Crippen LogP contribution is 2.44. The lowest BCUT2D eigenvalue weighted by Gasteiger charge is -2.17. The fourth-order valence-corrected chi connectivity index (χ4v) is 4.81. The molecule has 4 rings (SSSR count). The lowest BCUT2D eigenvalue weighted by atomic mass is 9.96. The Balaban J connectivity index is 1.68. The molecule has 1 amide bonds. The molecule has 0 aliphatic carbocycles. The SMILES string of the molecule is COc1cc(-c2c(C#N)c(N)nc(SCC(=O)Nc3ccc4ccccc4c3)c2C#N)cc(OC)c1OC. The molecule has 1 aromatic heterocycles. The van der Waals surface area contributed by atoms with Crippen molar-refractivity contribution >= 4 is 39.9 Å². The van der Waals surface area contributed by atoms with E-state index in [0.29, 0.717) is 28.5 Å². The Kier molecular flexibility index (Phi) is 7.86. The first-order valence-corrected chi connectivity index (χ1v) is 12.3. The lowest BCUT2D eigenvalue weighted by molar-refractivity contribution is -0.113. The van der Waals surface area contributed by atoms with E-state index >= 15 is 0 Å². The van der Waals surface area contributed by atoms with Gasteiger partial charge in [-0.25, -0.2) is 4.98 Å². The third-order valence-corrected chi connectivity index (χ3v) is 6.72. The second-order valence-electron chi connectivity index (χ2n) is 7.96. The molecule has 4 aromatic rings. The van der Waals surface area contributed by atoms with Gasteiger partial charge in [-0.1, -0.05) is 42.1 Å². The number of aromatic nitrogens is 1. The number of hydrogen-bond acceptors (Lipinski definition) is 9. The van der Waals surface area contributed by atoms with Gasteiger partial charge >= 0.3 is 0 Å². The molecule has 0 fully saturated rings. The van der Waals surface area contributed by atoms with Crippen LogP contribution in [-0.2, 0) is 4.79 Å². The fraction of sp³-hybridized carbons (Fsp3) is 0.143. The van der Waals surface area contributed by atoms with Gasteiger partial charge in [0.05, 0.1) is 32.6 Å². The minimum atomic E-state index is -0.284. The number of methoxy groups -OCH3 is 3. The number of nitrogen functional groups attached to an aromatic ring is 1. The van der Waals surface area contributed by atoms with Crippen LogP contribution >= 0.6 is 11.8 Å². The number of fused-ring (bicyclic) bond motifs is 1. The Morgan fingerprint density at radius 1 is 0.947 bits per heavy atom. The molecule has 0 saturated heterocycles. The van der Waals surface area contributed by atoms with Gasteiger partial charge in [0.2, 0.25) is 11.7 Å². The van der Waals surface area contributed by atoms with E-state index in [1.807, 2.05) is 48.5 Å². The summed E-state index contributed by atoms with van der Waals surface area (Å²) in [6.07, 6.45) is 0. The minimum absolute atomic E-state index is 0.0285. The summed E-state index contributed by atoms with van der Waals surface area (Å²) < 4.78 is 16.3. The smallest absolute Gasteiger partial charge is 0.234 e. The largest absolute Gasteiger partial charge is 0.493 e. The summed E-state index contributed by atoms with van der Waals surface area (Å²) in [5.74, 6) is 0.663. The quantitative estimate of drug-likeness (QED) is 0.304. The van der Waals surface area contributed by atoms with Crippen molar-refractivity contribution < 1.29 is 19.0 Å². The number of hydrogen-bond donors (Lipinski definition) is 2. The Bertz CT molecular complexity index is 1600. The Hall–Kier alpha value is -4.93. The van der Waals surface area contributed by atoms with Crippen molar-refractivity contribution in [3.63, 3.8) is 0 Å². The second kappa shape index (κ2) is 11.4. The first-order chi connectivity index (χ1) is 18.4. The molecule has 0 bridgehead atoms. The fourth-order valence-electron chi connectivity index (χ4n) is 4.01. The topological polar surface area (TPSA) is 143 Å². The van der Waals surface area contributed by atoms with Crippen molar-refractivity contribution in [1.82, 2.24) is 4.98 Å². The molecule has 0 radical (unpaired) electrons. The number of benzene rings is 3. The molecular weight excluding hydrogens is 502 g/mol. The highest BCUT2D eigenvalue weighted by molar-refractivity contribution is 8.00. The molecule has 0 spiro atoms. The molecule has 9 nitrogen and oxygen atoms in total. The van der Waals surface area contributed by atoms with Gasteiger partial charge in [0, 0.05) is 11.3 Å². The van der Waals surface area contributed by atoms with Crippen molar-refractivity contribution in [2.75, 3.05) is 38.1 Å². The zero-order chi connectivity index (χ0) is 27.2. The first-order valence-electron chi connectivity index (χ1n) is 11.3. The van der Waals surface area contributed by atoms with E-state index in [1.165, 1.54) is 21.3 Å². The molecular formula is C28H23N5O4S. The van der Waals surface area contributed by atoms with Crippen LogP contribution in [0.15, 0.2) is 59.6 Å². The second-order valence-corrected chi connectivity index (χ2v) is 8.93. The molecule has 190 valence electrons. The van der Waals surface area contributed by atoms with Crippen LogP contribution in [0.25, 0.3) is 21.9 Å². The first kappa shape index (κ1) is 26.1. The number of thioether (sulfide) groups is 1. The van der Waals surface area contributed by atoms with E-state index in [2.05, 4.69) is 16.4 Å². The van der Waals surface area contributed by atoms with Gasteiger partial charge in [0.1, 0.15) is 28.5 Å². The number of amides is 1. The predicted octanol–water partition coefficient (Wildman–Crippen LogP) is 4.98. The number of nitrogens with two attached hydrogens (primary N) is 1. The van der Waals surface area contributed by atoms with Gasteiger partial charge in [-0.2, -0.15) is 10.5 Å². The van der Waals surface area contributed by atoms with Crippen LogP contribution in [0.1, 0.15) is 11.1 Å². The molecule has 38 heavy (non-hydrogen) atoms. The molecule has 0 aliphatic heterocycles. The van der Waals surface area contributed by atoms with Gasteiger partial charge in [-0.15, -0.1) is 0 Å². The van der Waals surface area contributed by atoms with Crippen LogP contribution < -0.4 is 25.3 Å². The van der Waals surface area contributed by atoms with Crippen molar-refractivity contribution in [2.45, 2.75) is 5.03 Å². The van der Waals surface area contributed by atoms with Crippen molar-refractivity contribution in [1.29, 1.82) is 10.5 Å². The van der Waals surface area contributed by atoms with E-state index in [4.69, 9.17) is 19.9 Å². The zero-order valence-electron chi connectivity index (χ0n) is 20.9. The number of nitrogens with one attached hydrogen (secondary N) is 1. The molecule has 3 aromatic carbocycles. The maximum absolute atomic E-state index is 12.7. The van der Waals surface area contributed by atoms with Crippen molar-refractivity contribution in [3.8, 4) is 40.5 Å². The molecule has 0 saturated carbocycles. The Morgan fingerprint density at radius 2 is 1.61 bits per heavy atom. The summed E-state index contributed by atoms with van der Waals surface area (Å²) in [7, 11) is 4.41. The number of rotatable bonds is 8. The van der Waals surface area contributed by atoms with E-state index in [0.717, 1.165) is 22.5 Å². The van der Waals surface area contributed by atoms with Crippen LogP contribution in [0, 0.1) is 22.7 Å². The van der Waals surface area contributed by atoms with E-state index in [9.17, 15) is 15.3 Å². The number of pyridine rings is 1. The standard InChI is InChI=1S/C28H23N5O4S/c1-35-22-11-18(12-23(36-2)26(22)37-3)25-20(13-29)27(31)33-28(21(25)14-30)38-15-24(34)32-19-9-8-16-6-4-5-7-17(16)10-19/h4-12H,15H2,1-3H3,(H2,31,33)(H,32,34). The Labute approximate surface area is 223 Å². The van der Waals surface area contributed by atoms with E-state index < -0.39 is 0 Å². The maximum Gasteiger partial charge on any atom is 0.234 e. The molecule has 1 heterocycles. The number of carbonyl (C=O) groups is 1. The summed E-state index contributed by atoms with van der Waals surface area (Å²) in [5, 5.41) is 25.1. The highest BCUT2D eigenvalue weighted by Gasteiger charge is 2.24. The average Bonchev–Trinajstić information content (AvgIpc) is 2.94. The van der Waals surface area contributed by atoms with Crippen LogP contribution in [0.3, 0.4) is 0 Å².